The maximum atomic E-state index is 12.5. The van der Waals surface area contributed by atoms with Gasteiger partial charge in [-0.05, 0) is 24.6 Å². The molecule has 0 saturated carbocycles. The fourth-order valence-corrected chi connectivity index (χ4v) is 2.49. The van der Waals surface area contributed by atoms with Crippen molar-refractivity contribution >= 4 is 11.7 Å². The summed E-state index contributed by atoms with van der Waals surface area (Å²) < 4.78 is 6.29. The highest BCUT2D eigenvalue weighted by atomic mass is 16.5. The van der Waals surface area contributed by atoms with Gasteiger partial charge in [-0.3, -0.25) is 4.79 Å². The summed E-state index contributed by atoms with van der Waals surface area (Å²) in [7, 11) is 0. The van der Waals surface area contributed by atoms with E-state index in [-0.39, 0.29) is 17.9 Å². The van der Waals surface area contributed by atoms with Crippen LogP contribution in [0.3, 0.4) is 0 Å². The molecule has 1 heterocycles. The summed E-state index contributed by atoms with van der Waals surface area (Å²) in [6.07, 6.45) is 0. The number of anilines is 1. The molecular weight excluding hydrogens is 330 g/mol. The predicted molar refractivity (Wildman–Crippen MR) is 99.6 cm³/mol. The molecule has 0 radical (unpaired) electrons. The van der Waals surface area contributed by atoms with E-state index in [2.05, 4.69) is 10.4 Å². The zero-order valence-electron chi connectivity index (χ0n) is 14.4. The molecule has 0 fully saturated rings. The molecule has 0 saturated heterocycles. The lowest BCUT2D eigenvalue weighted by Crippen LogP contribution is -2.25. The second kappa shape index (κ2) is 8.11. The first-order valence-electron chi connectivity index (χ1n) is 8.33. The molecule has 26 heavy (non-hydrogen) atoms. The van der Waals surface area contributed by atoms with Crippen molar-refractivity contribution in [1.29, 1.82) is 0 Å². The standard InChI is InChI=1S/C20H19N3O3/c1-2-26-20(25)19-17(21-14-15-9-5-3-6-10-15)13-18(24)23(22-19)16-11-7-4-8-12-16/h3-13,21H,2,14H2,1H3. The van der Waals surface area contributed by atoms with Gasteiger partial charge >= 0.3 is 5.97 Å². The zero-order chi connectivity index (χ0) is 18.4. The molecule has 0 aliphatic carbocycles. The van der Waals surface area contributed by atoms with Crippen molar-refractivity contribution in [2.24, 2.45) is 0 Å². The first kappa shape index (κ1) is 17.4. The normalized spacial score (nSPS) is 10.3. The molecule has 132 valence electrons. The lowest BCUT2D eigenvalue weighted by molar-refractivity contribution is 0.0518. The summed E-state index contributed by atoms with van der Waals surface area (Å²) in [6, 6.07) is 20.0. The minimum atomic E-state index is -0.576. The molecule has 6 nitrogen and oxygen atoms in total. The van der Waals surface area contributed by atoms with Crippen LogP contribution >= 0.6 is 0 Å². The lowest BCUT2D eigenvalue weighted by Gasteiger charge is -2.13. The first-order valence-corrected chi connectivity index (χ1v) is 8.33. The Morgan fingerprint density at radius 2 is 1.73 bits per heavy atom. The van der Waals surface area contributed by atoms with E-state index in [1.807, 2.05) is 36.4 Å². The second-order valence-corrected chi connectivity index (χ2v) is 5.55. The van der Waals surface area contributed by atoms with Gasteiger partial charge in [0.05, 0.1) is 18.0 Å². The monoisotopic (exact) mass is 349 g/mol. The van der Waals surface area contributed by atoms with Gasteiger partial charge in [-0.15, -0.1) is 0 Å². The van der Waals surface area contributed by atoms with Gasteiger partial charge in [0, 0.05) is 12.6 Å². The number of nitrogens with zero attached hydrogens (tertiary/aromatic N) is 2. The highest BCUT2D eigenvalue weighted by Gasteiger charge is 2.18. The Kier molecular flexibility index (Phi) is 5.43. The molecule has 3 rings (SSSR count). The Balaban J connectivity index is 1.98. The number of ether oxygens (including phenoxy) is 1. The van der Waals surface area contributed by atoms with Gasteiger partial charge in [-0.1, -0.05) is 48.5 Å². The molecule has 3 aromatic rings. The van der Waals surface area contributed by atoms with E-state index >= 15 is 0 Å². The van der Waals surface area contributed by atoms with Crippen LogP contribution in [0.15, 0.2) is 71.5 Å². The van der Waals surface area contributed by atoms with Crippen molar-refractivity contribution in [3.8, 4) is 5.69 Å². The second-order valence-electron chi connectivity index (χ2n) is 5.55. The highest BCUT2D eigenvalue weighted by Crippen LogP contribution is 2.15. The molecular formula is C20H19N3O3. The number of hydrogen-bond donors (Lipinski definition) is 1. The Bertz CT molecular complexity index is 938. The van der Waals surface area contributed by atoms with Crippen LogP contribution < -0.4 is 10.9 Å². The smallest absolute Gasteiger partial charge is 0.360 e. The van der Waals surface area contributed by atoms with Crippen molar-refractivity contribution in [2.45, 2.75) is 13.5 Å². The van der Waals surface area contributed by atoms with E-state index in [9.17, 15) is 9.59 Å². The third-order valence-corrected chi connectivity index (χ3v) is 3.73. The summed E-state index contributed by atoms with van der Waals surface area (Å²) in [4.78, 5) is 24.8. The number of benzene rings is 2. The van der Waals surface area contributed by atoms with Gasteiger partial charge in [0.15, 0.2) is 5.69 Å². The maximum Gasteiger partial charge on any atom is 0.360 e. The molecule has 2 aromatic carbocycles. The van der Waals surface area contributed by atoms with Gasteiger partial charge in [-0.25, -0.2) is 4.79 Å². The molecule has 6 heteroatoms. The SMILES string of the molecule is CCOC(=O)c1nn(-c2ccccc2)c(=O)cc1NCc1ccccc1. The fourth-order valence-electron chi connectivity index (χ4n) is 2.49. The van der Waals surface area contributed by atoms with Crippen LogP contribution in [0.4, 0.5) is 5.69 Å². The molecule has 0 aliphatic heterocycles. The van der Waals surface area contributed by atoms with E-state index in [0.29, 0.717) is 17.9 Å². The van der Waals surface area contributed by atoms with E-state index in [1.165, 1.54) is 10.7 Å². The minimum Gasteiger partial charge on any atom is -0.461 e. The number of para-hydroxylation sites is 1. The Morgan fingerprint density at radius 1 is 1.08 bits per heavy atom. The van der Waals surface area contributed by atoms with Gasteiger partial charge in [0.2, 0.25) is 0 Å². The van der Waals surface area contributed by atoms with E-state index in [0.717, 1.165) is 5.56 Å². The molecule has 0 amide bonds. The number of aromatic nitrogens is 2. The number of hydrogen-bond acceptors (Lipinski definition) is 5. The van der Waals surface area contributed by atoms with Crippen molar-refractivity contribution in [3.63, 3.8) is 0 Å². The van der Waals surface area contributed by atoms with Gasteiger partial charge < -0.3 is 10.1 Å². The molecule has 0 spiro atoms. The average Bonchev–Trinajstić information content (AvgIpc) is 2.68. The molecule has 0 unspecified atom stereocenters. The van der Waals surface area contributed by atoms with E-state index < -0.39 is 5.97 Å². The van der Waals surface area contributed by atoms with Gasteiger partial charge in [-0.2, -0.15) is 9.78 Å². The highest BCUT2D eigenvalue weighted by molar-refractivity contribution is 5.93. The molecule has 0 atom stereocenters. The van der Waals surface area contributed by atoms with Crippen LogP contribution in [0.1, 0.15) is 23.0 Å². The van der Waals surface area contributed by atoms with Gasteiger partial charge in [0.1, 0.15) is 0 Å². The van der Waals surface area contributed by atoms with Crippen molar-refractivity contribution in [1.82, 2.24) is 9.78 Å². The number of carbonyl (C=O) groups excluding carboxylic acids is 1. The van der Waals surface area contributed by atoms with Crippen molar-refractivity contribution < 1.29 is 9.53 Å². The third-order valence-electron chi connectivity index (χ3n) is 3.73. The number of carbonyl (C=O) groups is 1. The largest absolute Gasteiger partial charge is 0.461 e. The third kappa shape index (κ3) is 3.97. The zero-order valence-corrected chi connectivity index (χ0v) is 14.4. The number of nitrogens with one attached hydrogen (secondary N) is 1. The van der Waals surface area contributed by atoms with Crippen LogP contribution in [0.2, 0.25) is 0 Å². The van der Waals surface area contributed by atoms with Crippen LogP contribution in [0.25, 0.3) is 5.69 Å². The summed E-state index contributed by atoms with van der Waals surface area (Å²) in [6.45, 7) is 2.41. The van der Waals surface area contributed by atoms with Crippen LogP contribution in [0.5, 0.6) is 0 Å². The molecule has 1 aromatic heterocycles. The van der Waals surface area contributed by atoms with Crippen molar-refractivity contribution in [2.75, 3.05) is 11.9 Å². The van der Waals surface area contributed by atoms with Gasteiger partial charge in [0.25, 0.3) is 5.56 Å². The predicted octanol–water partition coefficient (Wildman–Crippen LogP) is 3.02. The van der Waals surface area contributed by atoms with Crippen LogP contribution in [-0.4, -0.2) is 22.4 Å². The number of esters is 1. The van der Waals surface area contributed by atoms with Crippen LogP contribution in [-0.2, 0) is 11.3 Å². The quantitative estimate of drug-likeness (QED) is 0.693. The lowest BCUT2D eigenvalue weighted by atomic mass is 10.2. The van der Waals surface area contributed by atoms with E-state index in [1.54, 1.807) is 31.2 Å². The molecule has 0 aliphatic rings. The number of rotatable bonds is 6. The van der Waals surface area contributed by atoms with Crippen LogP contribution in [0, 0.1) is 0 Å². The van der Waals surface area contributed by atoms with Crippen molar-refractivity contribution in [3.05, 3.63) is 88.3 Å². The van der Waals surface area contributed by atoms with E-state index in [4.69, 9.17) is 4.74 Å². The Morgan fingerprint density at radius 3 is 2.38 bits per heavy atom. The Labute approximate surface area is 151 Å². The topological polar surface area (TPSA) is 73.2 Å². The Hall–Kier alpha value is -3.41. The fraction of sp³-hybridized carbons (Fsp3) is 0.150. The molecule has 1 N–H and O–H groups in total. The summed E-state index contributed by atoms with van der Waals surface area (Å²) >= 11 is 0. The maximum absolute atomic E-state index is 12.5. The average molecular weight is 349 g/mol. The first-order chi connectivity index (χ1) is 12.7. The minimum absolute atomic E-state index is 0.0752. The molecule has 0 bridgehead atoms. The summed E-state index contributed by atoms with van der Waals surface area (Å²) in [5.74, 6) is -0.576. The summed E-state index contributed by atoms with van der Waals surface area (Å²) in [5.41, 5.74) is 1.70. The summed E-state index contributed by atoms with van der Waals surface area (Å²) in [5, 5.41) is 7.35.